The van der Waals surface area contributed by atoms with E-state index in [2.05, 4.69) is 4.99 Å². The van der Waals surface area contributed by atoms with Crippen LogP contribution in [0.2, 0.25) is 0 Å². The third kappa shape index (κ3) is 4.41. The van der Waals surface area contributed by atoms with E-state index in [0.717, 1.165) is 34.7 Å². The first-order valence-corrected chi connectivity index (χ1v) is 10.4. The molecule has 9 heteroatoms. The summed E-state index contributed by atoms with van der Waals surface area (Å²) in [4.78, 5) is 30.7. The monoisotopic (exact) mass is 469 g/mol. The Bertz CT molecular complexity index is 1210. The van der Waals surface area contributed by atoms with Gasteiger partial charge in [-0.25, -0.2) is 9.38 Å². The molecule has 34 heavy (non-hydrogen) atoms. The van der Waals surface area contributed by atoms with Crippen LogP contribution >= 0.6 is 0 Å². The summed E-state index contributed by atoms with van der Waals surface area (Å²) in [7, 11) is 0. The first-order valence-electron chi connectivity index (χ1n) is 10.4. The van der Waals surface area contributed by atoms with Crippen LogP contribution in [0.1, 0.15) is 21.5 Å². The van der Waals surface area contributed by atoms with Crippen molar-refractivity contribution in [3.63, 3.8) is 0 Å². The third-order valence-corrected chi connectivity index (χ3v) is 5.39. The number of amidine groups is 1. The van der Waals surface area contributed by atoms with Gasteiger partial charge in [-0.15, -0.1) is 0 Å². The van der Waals surface area contributed by atoms with Crippen LogP contribution in [0.5, 0.6) is 0 Å². The van der Waals surface area contributed by atoms with Crippen LogP contribution in [0.15, 0.2) is 89.9 Å². The van der Waals surface area contributed by atoms with Gasteiger partial charge in [0.1, 0.15) is 11.7 Å². The Labute approximate surface area is 192 Å². The van der Waals surface area contributed by atoms with E-state index in [9.17, 15) is 27.2 Å². The smallest absolute Gasteiger partial charge is 0.312 e. The maximum Gasteiger partial charge on any atom is 0.442 e. The van der Waals surface area contributed by atoms with Gasteiger partial charge in [0.25, 0.3) is 11.8 Å². The fraction of sp³-hybridized carbons (Fsp3) is 0.160. The summed E-state index contributed by atoms with van der Waals surface area (Å²) in [6, 6.07) is 20.9. The van der Waals surface area contributed by atoms with Gasteiger partial charge in [0, 0.05) is 17.7 Å². The van der Waals surface area contributed by atoms with Gasteiger partial charge in [-0.3, -0.25) is 14.5 Å². The van der Waals surface area contributed by atoms with Crippen molar-refractivity contribution in [2.75, 3.05) is 6.54 Å². The predicted molar refractivity (Wildman–Crippen MR) is 117 cm³/mol. The maximum atomic E-state index is 14.4. The van der Waals surface area contributed by atoms with Crippen LogP contribution in [0.25, 0.3) is 0 Å². The number of nitrogens with one attached hydrogen (secondary N) is 1. The molecule has 1 atom stereocenters. The number of benzene rings is 3. The normalized spacial score (nSPS) is 18.1. The molecule has 0 fully saturated rings. The van der Waals surface area contributed by atoms with E-state index in [4.69, 9.17) is 0 Å². The second-order valence-electron chi connectivity index (χ2n) is 7.66. The molecule has 0 saturated carbocycles. The Kier molecular flexibility index (Phi) is 6.19. The summed E-state index contributed by atoms with van der Waals surface area (Å²) in [5.74, 6) is -3.47. The summed E-state index contributed by atoms with van der Waals surface area (Å²) in [5, 5.41) is 1.78. The number of aliphatic imine (C=N–C) groups is 1. The van der Waals surface area contributed by atoms with Crippen molar-refractivity contribution in [3.05, 3.63) is 107 Å². The number of rotatable bonds is 6. The van der Waals surface area contributed by atoms with Crippen molar-refractivity contribution in [2.24, 2.45) is 4.99 Å². The van der Waals surface area contributed by atoms with Crippen molar-refractivity contribution >= 4 is 17.6 Å². The van der Waals surface area contributed by atoms with Gasteiger partial charge >= 0.3 is 11.8 Å². The first kappa shape index (κ1) is 23.2. The Balaban J connectivity index is 1.74. The SMILES string of the molecule is O=C(NC1(C(F)(F)F)N=C(c2ccccc2)N(CCc2ccccc2)C1=O)c1ccc(F)cc1. The molecule has 174 valence electrons. The standard InChI is InChI=1S/C25H19F4N3O2/c26-20-13-11-19(12-14-20)22(33)31-24(25(27,28)29)23(34)32(16-15-17-7-3-1-4-8-17)21(30-24)18-9-5-2-6-10-18/h1-14H,15-16H2,(H,31,33). The Morgan fingerprint density at radius 1 is 0.912 bits per heavy atom. The fourth-order valence-electron chi connectivity index (χ4n) is 3.63. The van der Waals surface area contributed by atoms with Crippen LogP contribution in [-0.4, -0.2) is 40.9 Å². The highest BCUT2D eigenvalue weighted by atomic mass is 19.4. The molecule has 4 rings (SSSR count). The zero-order valence-electron chi connectivity index (χ0n) is 17.7. The number of amides is 2. The molecule has 1 N–H and O–H groups in total. The molecule has 0 spiro atoms. The zero-order valence-corrected chi connectivity index (χ0v) is 17.7. The predicted octanol–water partition coefficient (Wildman–Crippen LogP) is 4.35. The molecule has 0 aliphatic carbocycles. The van der Waals surface area contributed by atoms with Gasteiger partial charge in [0.15, 0.2) is 0 Å². The zero-order chi connectivity index (χ0) is 24.3. The lowest BCUT2D eigenvalue weighted by Crippen LogP contribution is -2.63. The summed E-state index contributed by atoms with van der Waals surface area (Å²) in [6.45, 7) is -0.0825. The number of nitrogens with zero attached hydrogens (tertiary/aromatic N) is 2. The Morgan fingerprint density at radius 2 is 1.50 bits per heavy atom. The molecule has 1 aliphatic rings. The van der Waals surface area contributed by atoms with Gasteiger partial charge in [0.05, 0.1) is 0 Å². The lowest BCUT2D eigenvalue weighted by Gasteiger charge is -2.29. The molecule has 0 bridgehead atoms. The number of alkyl halides is 3. The van der Waals surface area contributed by atoms with Gasteiger partial charge in [0.2, 0.25) is 0 Å². The minimum atomic E-state index is -5.23. The van der Waals surface area contributed by atoms with E-state index in [1.807, 2.05) is 0 Å². The van der Waals surface area contributed by atoms with Crippen molar-refractivity contribution in [1.82, 2.24) is 10.2 Å². The molecule has 0 radical (unpaired) electrons. The van der Waals surface area contributed by atoms with Crippen LogP contribution in [-0.2, 0) is 11.2 Å². The molecule has 3 aromatic rings. The van der Waals surface area contributed by atoms with Crippen molar-refractivity contribution in [1.29, 1.82) is 0 Å². The topological polar surface area (TPSA) is 61.8 Å². The van der Waals surface area contributed by atoms with Gasteiger partial charge in [-0.05, 0) is 36.2 Å². The summed E-state index contributed by atoms with van der Waals surface area (Å²) >= 11 is 0. The van der Waals surface area contributed by atoms with Crippen molar-refractivity contribution in [3.8, 4) is 0 Å². The highest BCUT2D eigenvalue weighted by molar-refractivity contribution is 6.16. The van der Waals surface area contributed by atoms with E-state index < -0.39 is 29.5 Å². The average Bonchev–Trinajstić information content (AvgIpc) is 3.12. The molecule has 3 aromatic carbocycles. The molecule has 0 saturated heterocycles. The summed E-state index contributed by atoms with van der Waals surface area (Å²) < 4.78 is 56.4. The van der Waals surface area contributed by atoms with Crippen LogP contribution in [0.3, 0.4) is 0 Å². The molecule has 1 aliphatic heterocycles. The molecular weight excluding hydrogens is 450 g/mol. The number of hydrogen-bond acceptors (Lipinski definition) is 3. The number of carbonyl (C=O) groups is 2. The van der Waals surface area contributed by atoms with E-state index in [0.29, 0.717) is 5.56 Å². The first-order chi connectivity index (χ1) is 16.2. The quantitative estimate of drug-likeness (QED) is 0.546. The summed E-state index contributed by atoms with van der Waals surface area (Å²) in [6.07, 6.45) is -4.96. The van der Waals surface area contributed by atoms with E-state index >= 15 is 0 Å². The van der Waals surface area contributed by atoms with Crippen molar-refractivity contribution < 1.29 is 27.2 Å². The number of carbonyl (C=O) groups excluding carboxylic acids is 2. The number of halogens is 4. The average molecular weight is 469 g/mol. The van der Waals surface area contributed by atoms with Gasteiger partial charge in [-0.2, -0.15) is 13.2 Å². The Hall–Kier alpha value is -4.01. The second kappa shape index (κ2) is 9.09. The van der Waals surface area contributed by atoms with E-state index in [1.165, 1.54) is 12.1 Å². The van der Waals surface area contributed by atoms with Crippen LogP contribution < -0.4 is 5.32 Å². The molecule has 1 unspecified atom stereocenters. The lowest BCUT2D eigenvalue weighted by molar-refractivity contribution is -0.196. The Morgan fingerprint density at radius 3 is 2.09 bits per heavy atom. The minimum absolute atomic E-state index is 0.0825. The minimum Gasteiger partial charge on any atom is -0.312 e. The number of hydrogen-bond donors (Lipinski definition) is 1. The molecule has 0 aromatic heterocycles. The van der Waals surface area contributed by atoms with Crippen LogP contribution in [0, 0.1) is 5.82 Å². The third-order valence-electron chi connectivity index (χ3n) is 5.39. The maximum absolute atomic E-state index is 14.4. The highest BCUT2D eigenvalue weighted by Crippen LogP contribution is 2.38. The molecule has 5 nitrogen and oxygen atoms in total. The molecular formula is C25H19F4N3O2. The second-order valence-corrected chi connectivity index (χ2v) is 7.66. The van der Waals surface area contributed by atoms with Crippen LogP contribution in [0.4, 0.5) is 17.6 Å². The van der Waals surface area contributed by atoms with Crippen molar-refractivity contribution in [2.45, 2.75) is 18.3 Å². The summed E-state index contributed by atoms with van der Waals surface area (Å²) in [5.41, 5.74) is -2.63. The van der Waals surface area contributed by atoms with E-state index in [-0.39, 0.29) is 24.4 Å². The molecule has 2 amide bonds. The largest absolute Gasteiger partial charge is 0.442 e. The van der Waals surface area contributed by atoms with Gasteiger partial charge in [-0.1, -0.05) is 60.7 Å². The molecule has 1 heterocycles. The van der Waals surface area contributed by atoms with E-state index in [1.54, 1.807) is 53.8 Å². The lowest BCUT2D eigenvalue weighted by atomic mass is 10.1. The highest BCUT2D eigenvalue weighted by Gasteiger charge is 2.67. The van der Waals surface area contributed by atoms with Gasteiger partial charge < -0.3 is 5.32 Å². The fourth-order valence-corrected chi connectivity index (χ4v) is 3.63.